The van der Waals surface area contributed by atoms with Crippen LogP contribution in [0.5, 0.6) is 5.75 Å². The molecule has 0 saturated carbocycles. The minimum Gasteiger partial charge on any atom is -0.492 e. The van der Waals surface area contributed by atoms with Crippen LogP contribution in [0, 0.1) is 6.92 Å². The molecular formula is C14H16BrNO2. The Balaban J connectivity index is 1.63. The van der Waals surface area contributed by atoms with Crippen molar-refractivity contribution < 1.29 is 9.15 Å². The molecule has 2 rings (SSSR count). The minimum atomic E-state index is 0.640. The Morgan fingerprint density at radius 2 is 1.94 bits per heavy atom. The summed E-state index contributed by atoms with van der Waals surface area (Å²) in [5, 5.41) is 3.27. The number of furan rings is 1. The molecule has 0 saturated heterocycles. The summed E-state index contributed by atoms with van der Waals surface area (Å²) >= 11 is 3.39. The highest BCUT2D eigenvalue weighted by Gasteiger charge is 1.98. The standard InChI is InChI=1S/C14H16BrNO2/c1-11-2-5-14(18-11)10-16-8-9-17-13-6-3-12(15)4-7-13/h2-7,16H,8-10H2,1H3. The second-order valence-electron chi connectivity index (χ2n) is 3.99. The van der Waals surface area contributed by atoms with E-state index in [-0.39, 0.29) is 0 Å². The Bertz CT molecular complexity index is 479. The maximum atomic E-state index is 5.59. The lowest BCUT2D eigenvalue weighted by molar-refractivity contribution is 0.310. The Labute approximate surface area is 115 Å². The smallest absolute Gasteiger partial charge is 0.119 e. The molecule has 0 atom stereocenters. The second kappa shape index (κ2) is 6.61. The highest BCUT2D eigenvalue weighted by atomic mass is 79.9. The predicted octanol–water partition coefficient (Wildman–Crippen LogP) is 3.52. The van der Waals surface area contributed by atoms with Crippen LogP contribution in [0.2, 0.25) is 0 Å². The first-order chi connectivity index (χ1) is 8.74. The third-order valence-corrected chi connectivity index (χ3v) is 2.99. The van der Waals surface area contributed by atoms with Crippen LogP contribution in [0.4, 0.5) is 0 Å². The van der Waals surface area contributed by atoms with Crippen molar-refractivity contribution in [2.24, 2.45) is 0 Å². The summed E-state index contributed by atoms with van der Waals surface area (Å²) in [5.74, 6) is 2.78. The van der Waals surface area contributed by atoms with Gasteiger partial charge in [-0.1, -0.05) is 15.9 Å². The van der Waals surface area contributed by atoms with Gasteiger partial charge >= 0.3 is 0 Å². The quantitative estimate of drug-likeness (QED) is 0.829. The number of hydrogen-bond donors (Lipinski definition) is 1. The van der Waals surface area contributed by atoms with E-state index < -0.39 is 0 Å². The molecule has 4 heteroatoms. The van der Waals surface area contributed by atoms with E-state index in [9.17, 15) is 0 Å². The topological polar surface area (TPSA) is 34.4 Å². The van der Waals surface area contributed by atoms with Crippen LogP contribution < -0.4 is 10.1 Å². The van der Waals surface area contributed by atoms with Crippen molar-refractivity contribution in [1.29, 1.82) is 0 Å². The second-order valence-corrected chi connectivity index (χ2v) is 4.91. The molecule has 0 radical (unpaired) electrons. The molecule has 0 aliphatic heterocycles. The van der Waals surface area contributed by atoms with Crippen LogP contribution in [-0.2, 0) is 6.54 Å². The lowest BCUT2D eigenvalue weighted by Crippen LogP contribution is -2.20. The molecule has 0 aliphatic carbocycles. The molecule has 0 unspecified atom stereocenters. The summed E-state index contributed by atoms with van der Waals surface area (Å²) in [5.41, 5.74) is 0. The summed E-state index contributed by atoms with van der Waals surface area (Å²) in [6.45, 7) is 4.11. The highest BCUT2D eigenvalue weighted by Crippen LogP contribution is 2.15. The van der Waals surface area contributed by atoms with E-state index in [1.807, 2.05) is 43.3 Å². The van der Waals surface area contributed by atoms with Crippen LogP contribution in [0.15, 0.2) is 45.3 Å². The van der Waals surface area contributed by atoms with Gasteiger partial charge in [-0.15, -0.1) is 0 Å². The Kier molecular flexibility index (Phi) is 4.84. The number of hydrogen-bond acceptors (Lipinski definition) is 3. The van der Waals surface area contributed by atoms with E-state index in [1.165, 1.54) is 0 Å². The fourth-order valence-corrected chi connectivity index (χ4v) is 1.83. The zero-order valence-electron chi connectivity index (χ0n) is 10.3. The van der Waals surface area contributed by atoms with Crippen molar-refractivity contribution in [1.82, 2.24) is 5.32 Å². The normalized spacial score (nSPS) is 10.6. The molecule has 1 heterocycles. The molecule has 1 N–H and O–H groups in total. The van der Waals surface area contributed by atoms with Crippen LogP contribution in [-0.4, -0.2) is 13.2 Å². The first-order valence-corrected chi connectivity index (χ1v) is 6.68. The molecule has 2 aromatic rings. The Hall–Kier alpha value is -1.26. The third-order valence-electron chi connectivity index (χ3n) is 2.46. The third kappa shape index (κ3) is 4.20. The molecule has 18 heavy (non-hydrogen) atoms. The van der Waals surface area contributed by atoms with Gasteiger partial charge in [0.25, 0.3) is 0 Å². The summed E-state index contributed by atoms with van der Waals surface area (Å²) in [4.78, 5) is 0. The molecule has 1 aromatic carbocycles. The molecule has 96 valence electrons. The van der Waals surface area contributed by atoms with Gasteiger partial charge in [0, 0.05) is 11.0 Å². The number of halogens is 1. The van der Waals surface area contributed by atoms with Crippen molar-refractivity contribution in [3.63, 3.8) is 0 Å². The van der Waals surface area contributed by atoms with Crippen LogP contribution >= 0.6 is 15.9 Å². The van der Waals surface area contributed by atoms with E-state index in [2.05, 4.69) is 21.2 Å². The molecule has 3 nitrogen and oxygen atoms in total. The SMILES string of the molecule is Cc1ccc(CNCCOc2ccc(Br)cc2)o1. The van der Waals surface area contributed by atoms with Crippen molar-refractivity contribution in [3.8, 4) is 5.75 Å². The maximum absolute atomic E-state index is 5.59. The largest absolute Gasteiger partial charge is 0.492 e. The summed E-state index contributed by atoms with van der Waals surface area (Å²) in [6.07, 6.45) is 0. The lowest BCUT2D eigenvalue weighted by atomic mass is 10.3. The summed E-state index contributed by atoms with van der Waals surface area (Å²) in [6, 6.07) is 11.8. The van der Waals surface area contributed by atoms with Crippen molar-refractivity contribution in [2.45, 2.75) is 13.5 Å². The van der Waals surface area contributed by atoms with Gasteiger partial charge in [-0.3, -0.25) is 0 Å². The Morgan fingerprint density at radius 1 is 1.17 bits per heavy atom. The van der Waals surface area contributed by atoms with Gasteiger partial charge in [0.2, 0.25) is 0 Å². The molecule has 0 bridgehead atoms. The fraction of sp³-hybridized carbons (Fsp3) is 0.286. The van der Waals surface area contributed by atoms with Crippen LogP contribution in [0.3, 0.4) is 0 Å². The van der Waals surface area contributed by atoms with Gasteiger partial charge in [-0.2, -0.15) is 0 Å². The number of aryl methyl sites for hydroxylation is 1. The predicted molar refractivity (Wildman–Crippen MR) is 74.8 cm³/mol. The van der Waals surface area contributed by atoms with E-state index in [0.717, 1.165) is 34.8 Å². The van der Waals surface area contributed by atoms with Crippen LogP contribution in [0.1, 0.15) is 11.5 Å². The first-order valence-electron chi connectivity index (χ1n) is 5.88. The summed E-state index contributed by atoms with van der Waals surface area (Å²) in [7, 11) is 0. The lowest BCUT2D eigenvalue weighted by Gasteiger charge is -2.06. The molecule has 1 aromatic heterocycles. The zero-order valence-corrected chi connectivity index (χ0v) is 11.9. The molecule has 0 aliphatic rings. The molecule has 0 fully saturated rings. The zero-order chi connectivity index (χ0) is 12.8. The average molecular weight is 310 g/mol. The van der Waals surface area contributed by atoms with Crippen molar-refractivity contribution in [3.05, 3.63) is 52.4 Å². The van der Waals surface area contributed by atoms with Gasteiger partial charge in [-0.25, -0.2) is 0 Å². The van der Waals surface area contributed by atoms with Gasteiger partial charge < -0.3 is 14.5 Å². The van der Waals surface area contributed by atoms with Crippen molar-refractivity contribution in [2.75, 3.05) is 13.2 Å². The Morgan fingerprint density at radius 3 is 2.61 bits per heavy atom. The minimum absolute atomic E-state index is 0.640. The van der Waals surface area contributed by atoms with E-state index in [0.29, 0.717) is 6.61 Å². The summed E-state index contributed by atoms with van der Waals surface area (Å²) < 4.78 is 12.1. The van der Waals surface area contributed by atoms with Gasteiger partial charge in [-0.05, 0) is 43.3 Å². The van der Waals surface area contributed by atoms with E-state index >= 15 is 0 Å². The monoisotopic (exact) mass is 309 g/mol. The molecular weight excluding hydrogens is 294 g/mol. The number of nitrogens with one attached hydrogen (secondary N) is 1. The average Bonchev–Trinajstić information content (AvgIpc) is 2.77. The van der Waals surface area contributed by atoms with E-state index in [4.69, 9.17) is 9.15 Å². The number of ether oxygens (including phenoxy) is 1. The highest BCUT2D eigenvalue weighted by molar-refractivity contribution is 9.10. The fourth-order valence-electron chi connectivity index (χ4n) is 1.56. The van der Waals surface area contributed by atoms with Crippen molar-refractivity contribution >= 4 is 15.9 Å². The molecule has 0 amide bonds. The van der Waals surface area contributed by atoms with Gasteiger partial charge in [0.05, 0.1) is 6.54 Å². The van der Waals surface area contributed by atoms with E-state index in [1.54, 1.807) is 0 Å². The molecule has 0 spiro atoms. The number of benzene rings is 1. The number of rotatable bonds is 6. The first kappa shape index (κ1) is 13.2. The van der Waals surface area contributed by atoms with Gasteiger partial charge in [0.1, 0.15) is 23.9 Å². The van der Waals surface area contributed by atoms with Crippen LogP contribution in [0.25, 0.3) is 0 Å². The maximum Gasteiger partial charge on any atom is 0.119 e. The van der Waals surface area contributed by atoms with Gasteiger partial charge in [0.15, 0.2) is 0 Å².